The summed E-state index contributed by atoms with van der Waals surface area (Å²) in [6, 6.07) is 7.11. The molecule has 1 unspecified atom stereocenters. The third kappa shape index (κ3) is 4.32. The van der Waals surface area contributed by atoms with Crippen LogP contribution in [-0.2, 0) is 4.79 Å². The molecule has 0 saturated heterocycles. The van der Waals surface area contributed by atoms with Crippen LogP contribution in [0.2, 0.25) is 0 Å². The Morgan fingerprint density at radius 2 is 2.12 bits per heavy atom. The molecule has 94 valence electrons. The summed E-state index contributed by atoms with van der Waals surface area (Å²) in [5.41, 5.74) is 7.04. The summed E-state index contributed by atoms with van der Waals surface area (Å²) in [6.07, 6.45) is 0.0398. The zero-order valence-corrected chi connectivity index (χ0v) is 9.84. The van der Waals surface area contributed by atoms with Crippen molar-refractivity contribution in [3.8, 4) is 0 Å². The first-order valence-electron chi connectivity index (χ1n) is 5.50. The number of rotatable bonds is 6. The molecule has 0 spiro atoms. The van der Waals surface area contributed by atoms with Crippen LogP contribution >= 0.6 is 0 Å². The fraction of sp³-hybridized carbons (Fsp3) is 0.417. The summed E-state index contributed by atoms with van der Waals surface area (Å²) >= 11 is 0. The second kappa shape index (κ2) is 6.10. The van der Waals surface area contributed by atoms with Crippen LogP contribution < -0.4 is 10.6 Å². The lowest BCUT2D eigenvalue weighted by atomic mass is 10.2. The zero-order valence-electron chi connectivity index (χ0n) is 9.84. The number of aliphatic hydroxyl groups is 1. The van der Waals surface area contributed by atoms with E-state index in [0.29, 0.717) is 24.3 Å². The van der Waals surface area contributed by atoms with Gasteiger partial charge in [-0.05, 0) is 25.5 Å². The van der Waals surface area contributed by atoms with Crippen molar-refractivity contribution < 1.29 is 15.0 Å². The number of nitrogens with zero attached hydrogens (tertiary/aromatic N) is 1. The minimum Gasteiger partial charge on any atom is -0.480 e. The van der Waals surface area contributed by atoms with Gasteiger partial charge in [0.2, 0.25) is 0 Å². The van der Waals surface area contributed by atoms with Crippen molar-refractivity contribution in [3.05, 3.63) is 24.3 Å². The number of benzene rings is 1. The average Bonchev–Trinajstić information content (AvgIpc) is 2.24. The molecule has 4 N–H and O–H groups in total. The maximum Gasteiger partial charge on any atom is 0.323 e. The number of aliphatic carboxylic acids is 1. The van der Waals surface area contributed by atoms with E-state index in [0.717, 1.165) is 0 Å². The van der Waals surface area contributed by atoms with Gasteiger partial charge in [-0.25, -0.2) is 0 Å². The second-order valence-corrected chi connectivity index (χ2v) is 4.01. The van der Waals surface area contributed by atoms with Crippen molar-refractivity contribution in [3.63, 3.8) is 0 Å². The monoisotopic (exact) mass is 238 g/mol. The van der Waals surface area contributed by atoms with Crippen LogP contribution in [0.15, 0.2) is 24.3 Å². The average molecular weight is 238 g/mol. The smallest absolute Gasteiger partial charge is 0.323 e. The summed E-state index contributed by atoms with van der Waals surface area (Å²) in [4.78, 5) is 12.5. The van der Waals surface area contributed by atoms with Gasteiger partial charge in [-0.15, -0.1) is 0 Å². The SMILES string of the molecule is CC(O)CCN(CC(=O)O)c1ccccc1N. The lowest BCUT2D eigenvalue weighted by molar-refractivity contribution is -0.135. The quantitative estimate of drug-likeness (QED) is 0.642. The highest BCUT2D eigenvalue weighted by atomic mass is 16.4. The van der Waals surface area contributed by atoms with Gasteiger partial charge in [-0.1, -0.05) is 12.1 Å². The van der Waals surface area contributed by atoms with E-state index < -0.39 is 12.1 Å². The van der Waals surface area contributed by atoms with E-state index in [1.54, 1.807) is 30.0 Å². The fourth-order valence-corrected chi connectivity index (χ4v) is 1.57. The Morgan fingerprint density at radius 3 is 2.65 bits per heavy atom. The molecule has 1 aromatic rings. The predicted octanol–water partition coefficient (Wildman–Crippen LogP) is 0.931. The summed E-state index contributed by atoms with van der Waals surface area (Å²) < 4.78 is 0. The number of aliphatic hydroxyl groups excluding tert-OH is 1. The molecular weight excluding hydrogens is 220 g/mol. The molecule has 1 rings (SSSR count). The number of nitrogens with two attached hydrogens (primary N) is 1. The van der Waals surface area contributed by atoms with Gasteiger partial charge in [0.15, 0.2) is 0 Å². The number of nitrogen functional groups attached to an aromatic ring is 1. The van der Waals surface area contributed by atoms with Crippen LogP contribution in [0.1, 0.15) is 13.3 Å². The Labute approximate surface area is 100 Å². The van der Waals surface area contributed by atoms with E-state index in [9.17, 15) is 9.90 Å². The normalized spacial score (nSPS) is 12.1. The maximum atomic E-state index is 10.8. The first-order chi connectivity index (χ1) is 8.00. The summed E-state index contributed by atoms with van der Waals surface area (Å²) in [7, 11) is 0. The van der Waals surface area contributed by atoms with Gasteiger partial charge in [0.25, 0.3) is 0 Å². The predicted molar refractivity (Wildman–Crippen MR) is 67.0 cm³/mol. The fourth-order valence-electron chi connectivity index (χ4n) is 1.57. The highest BCUT2D eigenvalue weighted by Crippen LogP contribution is 2.22. The number of carbonyl (C=O) groups is 1. The van der Waals surface area contributed by atoms with Gasteiger partial charge in [0.05, 0.1) is 17.5 Å². The van der Waals surface area contributed by atoms with E-state index in [2.05, 4.69) is 0 Å². The molecule has 5 nitrogen and oxygen atoms in total. The van der Waals surface area contributed by atoms with Crippen molar-refractivity contribution >= 4 is 17.3 Å². The number of hydrogen-bond donors (Lipinski definition) is 3. The molecule has 1 atom stereocenters. The molecule has 0 radical (unpaired) electrons. The van der Waals surface area contributed by atoms with Gasteiger partial charge in [0.1, 0.15) is 6.54 Å². The minimum atomic E-state index is -0.918. The van der Waals surface area contributed by atoms with Crippen molar-refractivity contribution in [1.82, 2.24) is 0 Å². The topological polar surface area (TPSA) is 86.8 Å². The van der Waals surface area contributed by atoms with E-state index in [-0.39, 0.29) is 6.54 Å². The van der Waals surface area contributed by atoms with Gasteiger partial charge < -0.3 is 20.8 Å². The second-order valence-electron chi connectivity index (χ2n) is 4.01. The lowest BCUT2D eigenvalue weighted by Gasteiger charge is -2.24. The van der Waals surface area contributed by atoms with Crippen LogP contribution in [0.25, 0.3) is 0 Å². The molecule has 0 heterocycles. The van der Waals surface area contributed by atoms with Crippen LogP contribution in [0.4, 0.5) is 11.4 Å². The third-order valence-electron chi connectivity index (χ3n) is 2.42. The number of para-hydroxylation sites is 2. The Balaban J connectivity index is 2.82. The van der Waals surface area contributed by atoms with Crippen LogP contribution in [-0.4, -0.2) is 35.4 Å². The molecule has 17 heavy (non-hydrogen) atoms. The first kappa shape index (κ1) is 13.3. The van der Waals surface area contributed by atoms with Crippen molar-refractivity contribution in [1.29, 1.82) is 0 Å². The molecule has 1 aromatic carbocycles. The van der Waals surface area contributed by atoms with Gasteiger partial charge in [-0.3, -0.25) is 4.79 Å². The molecule has 0 aromatic heterocycles. The maximum absolute atomic E-state index is 10.8. The van der Waals surface area contributed by atoms with Crippen molar-refractivity contribution in [2.45, 2.75) is 19.4 Å². The van der Waals surface area contributed by atoms with Crippen LogP contribution in [0.3, 0.4) is 0 Å². The largest absolute Gasteiger partial charge is 0.480 e. The van der Waals surface area contributed by atoms with Gasteiger partial charge in [-0.2, -0.15) is 0 Å². The molecular formula is C12H18N2O3. The Morgan fingerprint density at radius 1 is 1.47 bits per heavy atom. The third-order valence-corrected chi connectivity index (χ3v) is 2.42. The number of carboxylic acids is 1. The zero-order chi connectivity index (χ0) is 12.8. The molecule has 0 saturated carbocycles. The molecule has 5 heteroatoms. The standard InChI is InChI=1S/C12H18N2O3/c1-9(15)6-7-14(8-12(16)17)11-5-3-2-4-10(11)13/h2-5,9,15H,6-8,13H2,1H3,(H,16,17). The van der Waals surface area contributed by atoms with Crippen LogP contribution in [0.5, 0.6) is 0 Å². The number of hydrogen-bond acceptors (Lipinski definition) is 4. The minimum absolute atomic E-state index is 0.124. The van der Waals surface area contributed by atoms with Crippen LogP contribution in [0, 0.1) is 0 Å². The molecule has 0 aliphatic heterocycles. The number of anilines is 2. The molecule has 0 aliphatic carbocycles. The molecule has 0 amide bonds. The summed E-state index contributed by atoms with van der Waals surface area (Å²) in [6.45, 7) is 2.01. The van der Waals surface area contributed by atoms with E-state index in [1.165, 1.54) is 0 Å². The Hall–Kier alpha value is -1.75. The molecule has 0 aliphatic rings. The van der Waals surface area contributed by atoms with E-state index >= 15 is 0 Å². The van der Waals surface area contributed by atoms with Crippen molar-refractivity contribution in [2.24, 2.45) is 0 Å². The molecule has 0 fully saturated rings. The van der Waals surface area contributed by atoms with Gasteiger partial charge in [0, 0.05) is 6.54 Å². The lowest BCUT2D eigenvalue weighted by Crippen LogP contribution is -2.32. The highest BCUT2D eigenvalue weighted by molar-refractivity contribution is 5.77. The van der Waals surface area contributed by atoms with E-state index in [1.807, 2.05) is 6.07 Å². The Kier molecular flexibility index (Phi) is 4.78. The highest BCUT2D eigenvalue weighted by Gasteiger charge is 2.13. The van der Waals surface area contributed by atoms with E-state index in [4.69, 9.17) is 10.8 Å². The van der Waals surface area contributed by atoms with Gasteiger partial charge >= 0.3 is 5.97 Å². The summed E-state index contributed by atoms with van der Waals surface area (Å²) in [5, 5.41) is 18.1. The van der Waals surface area contributed by atoms with Crippen molar-refractivity contribution in [2.75, 3.05) is 23.7 Å². The summed E-state index contributed by atoms with van der Waals surface area (Å²) in [5.74, 6) is -0.918. The Bertz CT molecular complexity index is 380. The number of carboxylic acid groups (broad SMARTS) is 1. The molecule has 0 bridgehead atoms. The first-order valence-corrected chi connectivity index (χ1v) is 5.50.